The molecule has 1 aromatic carbocycles. The summed E-state index contributed by atoms with van der Waals surface area (Å²) in [5.41, 5.74) is 2.37. The first-order valence-electron chi connectivity index (χ1n) is 6.11. The van der Waals surface area contributed by atoms with E-state index in [0.717, 1.165) is 11.3 Å². The number of carbonyl (C=O) groups excluding carboxylic acids is 1. The van der Waals surface area contributed by atoms with E-state index in [1.807, 2.05) is 24.3 Å². The number of methoxy groups -OCH3 is 1. The molecule has 0 aliphatic carbocycles. The molecule has 0 radical (unpaired) electrons. The van der Waals surface area contributed by atoms with E-state index in [2.05, 4.69) is 15.3 Å². The van der Waals surface area contributed by atoms with Gasteiger partial charge in [-0.25, -0.2) is 0 Å². The molecule has 0 spiro atoms. The highest BCUT2D eigenvalue weighted by molar-refractivity contribution is 6.01. The molecule has 0 atom stereocenters. The zero-order valence-corrected chi connectivity index (χ0v) is 11.1. The minimum atomic E-state index is -0.217. The molecule has 0 saturated carbocycles. The number of hydrogen-bond donors (Lipinski definition) is 1. The Morgan fingerprint density at radius 2 is 2.30 bits per heavy atom. The Labute approximate surface area is 117 Å². The van der Waals surface area contributed by atoms with Gasteiger partial charge in [0.25, 0.3) is 0 Å². The maximum absolute atomic E-state index is 11.8. The number of aromatic nitrogens is 2. The van der Waals surface area contributed by atoms with E-state index >= 15 is 0 Å². The van der Waals surface area contributed by atoms with Crippen molar-refractivity contribution in [1.29, 1.82) is 0 Å². The predicted octanol–water partition coefficient (Wildman–Crippen LogP) is 2.27. The molecule has 1 aromatic heterocycles. The zero-order chi connectivity index (χ0) is 14.2. The van der Waals surface area contributed by atoms with Crippen LogP contribution in [0.3, 0.4) is 0 Å². The number of amides is 1. The largest absolute Gasteiger partial charge is 0.380 e. The molecular formula is C15H15N3O2. The molecule has 1 N–H and O–H groups in total. The number of nitrogens with one attached hydrogen (secondary N) is 1. The van der Waals surface area contributed by atoms with Gasteiger partial charge in [-0.2, -0.15) is 0 Å². The van der Waals surface area contributed by atoms with Gasteiger partial charge in [-0.3, -0.25) is 14.8 Å². The van der Waals surface area contributed by atoms with Gasteiger partial charge in [0.2, 0.25) is 5.91 Å². The Morgan fingerprint density at radius 1 is 1.40 bits per heavy atom. The molecule has 102 valence electrons. The van der Waals surface area contributed by atoms with Gasteiger partial charge in [-0.05, 0) is 23.8 Å². The molecule has 5 heteroatoms. The smallest absolute Gasteiger partial charge is 0.248 e. The fourth-order valence-corrected chi connectivity index (χ4v) is 1.65. The summed E-state index contributed by atoms with van der Waals surface area (Å²) in [5, 5.41) is 2.78. The number of anilines is 1. The summed E-state index contributed by atoms with van der Waals surface area (Å²) < 4.78 is 5.05. The van der Waals surface area contributed by atoms with Gasteiger partial charge in [-0.15, -0.1) is 0 Å². The second kappa shape index (κ2) is 7.16. The average molecular weight is 269 g/mol. The van der Waals surface area contributed by atoms with Gasteiger partial charge in [-0.1, -0.05) is 12.1 Å². The number of benzene rings is 1. The van der Waals surface area contributed by atoms with Crippen molar-refractivity contribution in [2.24, 2.45) is 0 Å². The van der Waals surface area contributed by atoms with Crippen molar-refractivity contribution in [3.63, 3.8) is 0 Å². The van der Waals surface area contributed by atoms with Gasteiger partial charge >= 0.3 is 0 Å². The minimum Gasteiger partial charge on any atom is -0.380 e. The molecule has 2 aromatic rings. The highest BCUT2D eigenvalue weighted by Gasteiger charge is 1.99. The van der Waals surface area contributed by atoms with E-state index in [0.29, 0.717) is 12.3 Å². The monoisotopic (exact) mass is 269 g/mol. The molecule has 1 heterocycles. The number of rotatable bonds is 5. The lowest BCUT2D eigenvalue weighted by atomic mass is 10.2. The maximum atomic E-state index is 11.8. The van der Waals surface area contributed by atoms with Crippen LogP contribution in [-0.4, -0.2) is 23.0 Å². The van der Waals surface area contributed by atoms with Crippen LogP contribution in [-0.2, 0) is 16.1 Å². The van der Waals surface area contributed by atoms with Crippen molar-refractivity contribution in [3.8, 4) is 0 Å². The Kier molecular flexibility index (Phi) is 4.97. The molecule has 0 saturated heterocycles. The first kappa shape index (κ1) is 13.9. The van der Waals surface area contributed by atoms with Crippen LogP contribution in [0.25, 0.3) is 6.08 Å². The third-order valence-corrected chi connectivity index (χ3v) is 2.49. The second-order valence-corrected chi connectivity index (χ2v) is 4.09. The second-order valence-electron chi connectivity index (χ2n) is 4.09. The van der Waals surface area contributed by atoms with Crippen molar-refractivity contribution in [2.45, 2.75) is 6.61 Å². The lowest BCUT2D eigenvalue weighted by molar-refractivity contribution is -0.111. The van der Waals surface area contributed by atoms with Gasteiger partial charge in [0.1, 0.15) is 0 Å². The standard InChI is InChI=1S/C15H15N3O2/c1-20-11-12-3-2-4-13(9-12)18-15(19)6-5-14-10-16-7-8-17-14/h2-10H,11H2,1H3,(H,18,19). The molecule has 0 aliphatic heterocycles. The summed E-state index contributed by atoms with van der Waals surface area (Å²) in [7, 11) is 1.63. The molecule has 0 fully saturated rings. The summed E-state index contributed by atoms with van der Waals surface area (Å²) >= 11 is 0. The maximum Gasteiger partial charge on any atom is 0.248 e. The van der Waals surface area contributed by atoms with Crippen molar-refractivity contribution < 1.29 is 9.53 Å². The number of hydrogen-bond acceptors (Lipinski definition) is 4. The predicted molar refractivity (Wildman–Crippen MR) is 76.9 cm³/mol. The van der Waals surface area contributed by atoms with E-state index in [-0.39, 0.29) is 5.91 Å². The summed E-state index contributed by atoms with van der Waals surface area (Å²) in [6, 6.07) is 7.51. The lowest BCUT2D eigenvalue weighted by Crippen LogP contribution is -2.08. The van der Waals surface area contributed by atoms with E-state index in [1.165, 1.54) is 6.08 Å². The van der Waals surface area contributed by atoms with E-state index in [4.69, 9.17) is 4.74 Å². The molecule has 0 unspecified atom stereocenters. The minimum absolute atomic E-state index is 0.217. The Morgan fingerprint density at radius 3 is 3.05 bits per heavy atom. The van der Waals surface area contributed by atoms with Gasteiger partial charge < -0.3 is 10.1 Å². The van der Waals surface area contributed by atoms with Gasteiger partial charge in [0.15, 0.2) is 0 Å². The van der Waals surface area contributed by atoms with Crippen LogP contribution < -0.4 is 5.32 Å². The van der Waals surface area contributed by atoms with Crippen molar-refractivity contribution in [2.75, 3.05) is 12.4 Å². The SMILES string of the molecule is COCc1cccc(NC(=O)C=Cc2cnccn2)c1. The molecule has 20 heavy (non-hydrogen) atoms. The van der Waals surface area contributed by atoms with Gasteiger partial charge in [0.05, 0.1) is 18.5 Å². The number of nitrogens with zero attached hydrogens (tertiary/aromatic N) is 2. The summed E-state index contributed by atoms with van der Waals surface area (Å²) in [6.07, 6.45) is 7.78. The topological polar surface area (TPSA) is 64.1 Å². The van der Waals surface area contributed by atoms with Crippen LogP contribution in [0.15, 0.2) is 48.9 Å². The highest BCUT2D eigenvalue weighted by atomic mass is 16.5. The average Bonchev–Trinajstić information content (AvgIpc) is 2.47. The third kappa shape index (κ3) is 4.29. The molecular weight excluding hydrogens is 254 g/mol. The summed E-state index contributed by atoms with van der Waals surface area (Å²) in [5.74, 6) is -0.217. The third-order valence-electron chi connectivity index (χ3n) is 2.49. The molecule has 2 rings (SSSR count). The van der Waals surface area contributed by atoms with Gasteiger partial charge in [0, 0.05) is 31.3 Å². The van der Waals surface area contributed by atoms with E-state index < -0.39 is 0 Å². The first-order chi connectivity index (χ1) is 9.78. The normalized spacial score (nSPS) is 10.7. The van der Waals surface area contributed by atoms with Crippen LogP contribution in [0.5, 0.6) is 0 Å². The van der Waals surface area contributed by atoms with E-state index in [9.17, 15) is 4.79 Å². The van der Waals surface area contributed by atoms with Crippen molar-refractivity contribution >= 4 is 17.7 Å². The molecule has 1 amide bonds. The lowest BCUT2D eigenvalue weighted by Gasteiger charge is -2.05. The quantitative estimate of drug-likeness (QED) is 0.846. The van der Waals surface area contributed by atoms with Crippen molar-refractivity contribution in [1.82, 2.24) is 9.97 Å². The van der Waals surface area contributed by atoms with Crippen LogP contribution in [0, 0.1) is 0 Å². The Balaban J connectivity index is 1.97. The first-order valence-corrected chi connectivity index (χ1v) is 6.11. The van der Waals surface area contributed by atoms with Crippen molar-refractivity contribution in [3.05, 3.63) is 60.2 Å². The molecule has 5 nitrogen and oxygen atoms in total. The number of carbonyl (C=O) groups is 1. The molecule has 0 bridgehead atoms. The molecule has 0 aliphatic rings. The zero-order valence-electron chi connectivity index (χ0n) is 11.1. The number of ether oxygens (including phenoxy) is 1. The van der Waals surface area contributed by atoms with Crippen LogP contribution in [0.2, 0.25) is 0 Å². The highest BCUT2D eigenvalue weighted by Crippen LogP contribution is 2.11. The summed E-state index contributed by atoms with van der Waals surface area (Å²) in [4.78, 5) is 19.7. The van der Waals surface area contributed by atoms with E-state index in [1.54, 1.807) is 31.8 Å². The van der Waals surface area contributed by atoms with Crippen LogP contribution in [0.4, 0.5) is 5.69 Å². The fourth-order valence-electron chi connectivity index (χ4n) is 1.65. The fraction of sp³-hybridized carbons (Fsp3) is 0.133. The van der Waals surface area contributed by atoms with Crippen LogP contribution >= 0.6 is 0 Å². The Bertz CT molecular complexity index is 597. The van der Waals surface area contributed by atoms with Crippen LogP contribution in [0.1, 0.15) is 11.3 Å². The Hall–Kier alpha value is -2.53. The summed E-state index contributed by atoms with van der Waals surface area (Å²) in [6.45, 7) is 0.513.